The van der Waals surface area contributed by atoms with Gasteiger partial charge in [-0.3, -0.25) is 9.59 Å². The summed E-state index contributed by atoms with van der Waals surface area (Å²) in [5.74, 6) is -0.776. The van der Waals surface area contributed by atoms with Crippen molar-refractivity contribution in [3.05, 3.63) is 28.8 Å². The first-order valence-corrected chi connectivity index (χ1v) is 7.49. The lowest BCUT2D eigenvalue weighted by atomic mass is 9.90. The molecule has 0 atom stereocenters. The Morgan fingerprint density at radius 1 is 1.36 bits per heavy atom. The van der Waals surface area contributed by atoms with E-state index in [9.17, 15) is 9.59 Å². The van der Waals surface area contributed by atoms with Crippen LogP contribution in [-0.2, 0) is 4.79 Å². The topological polar surface area (TPSA) is 75.6 Å². The van der Waals surface area contributed by atoms with Crippen LogP contribution in [0.3, 0.4) is 0 Å². The van der Waals surface area contributed by atoms with E-state index in [0.717, 1.165) is 0 Å². The normalized spacial score (nSPS) is 11.4. The summed E-state index contributed by atoms with van der Waals surface area (Å²) in [6, 6.07) is 4.85. The molecule has 0 saturated heterocycles. The molecule has 0 aromatic heterocycles. The summed E-state index contributed by atoms with van der Waals surface area (Å²) in [7, 11) is 0. The van der Waals surface area contributed by atoms with E-state index in [2.05, 4.69) is 5.32 Å². The lowest BCUT2D eigenvalue weighted by Gasteiger charge is -2.19. The molecule has 0 aliphatic rings. The molecule has 0 heterocycles. The summed E-state index contributed by atoms with van der Waals surface area (Å²) in [4.78, 5) is 23.3. The fourth-order valence-electron chi connectivity index (χ4n) is 1.73. The maximum absolute atomic E-state index is 12.3. The minimum absolute atomic E-state index is 0.0707. The second kappa shape index (κ2) is 7.49. The smallest absolute Gasteiger partial charge is 0.309 e. The minimum Gasteiger partial charge on any atom is -0.490 e. The molecule has 0 aliphatic heterocycles. The Morgan fingerprint density at radius 3 is 2.55 bits per heavy atom. The van der Waals surface area contributed by atoms with Crippen LogP contribution in [-0.4, -0.2) is 29.6 Å². The van der Waals surface area contributed by atoms with E-state index in [4.69, 9.17) is 21.4 Å². The van der Waals surface area contributed by atoms with Gasteiger partial charge in [0.1, 0.15) is 5.75 Å². The molecule has 22 heavy (non-hydrogen) atoms. The van der Waals surface area contributed by atoms with E-state index >= 15 is 0 Å². The monoisotopic (exact) mass is 327 g/mol. The number of hydrogen-bond acceptors (Lipinski definition) is 3. The zero-order valence-corrected chi connectivity index (χ0v) is 14.0. The van der Waals surface area contributed by atoms with Crippen LogP contribution in [0.25, 0.3) is 0 Å². The van der Waals surface area contributed by atoms with E-state index in [1.165, 1.54) is 6.07 Å². The second-order valence-electron chi connectivity index (χ2n) is 6.00. The summed E-state index contributed by atoms with van der Waals surface area (Å²) >= 11 is 5.93. The first kappa shape index (κ1) is 18.3. The number of amides is 1. The van der Waals surface area contributed by atoms with Crippen molar-refractivity contribution in [1.29, 1.82) is 0 Å². The summed E-state index contributed by atoms with van der Waals surface area (Å²) in [5.41, 5.74) is -0.548. The number of rotatable bonds is 7. The maximum Gasteiger partial charge on any atom is 0.309 e. The molecule has 0 spiro atoms. The van der Waals surface area contributed by atoms with Crippen molar-refractivity contribution in [1.82, 2.24) is 5.32 Å². The van der Waals surface area contributed by atoms with Gasteiger partial charge in [0.15, 0.2) is 0 Å². The van der Waals surface area contributed by atoms with Gasteiger partial charge in [0, 0.05) is 11.6 Å². The largest absolute Gasteiger partial charge is 0.490 e. The van der Waals surface area contributed by atoms with E-state index in [-0.39, 0.29) is 18.6 Å². The highest BCUT2D eigenvalue weighted by Crippen LogP contribution is 2.24. The molecule has 0 aliphatic carbocycles. The zero-order chi connectivity index (χ0) is 16.9. The third kappa shape index (κ3) is 5.22. The fourth-order valence-corrected chi connectivity index (χ4v) is 1.90. The Kier molecular flexibility index (Phi) is 6.23. The number of ether oxygens (including phenoxy) is 1. The summed E-state index contributed by atoms with van der Waals surface area (Å²) in [5, 5.41) is 12.2. The number of aliphatic carboxylic acids is 1. The summed E-state index contributed by atoms with van der Waals surface area (Å²) in [6.07, 6.45) is 0.258. The highest BCUT2D eigenvalue weighted by molar-refractivity contribution is 6.31. The van der Waals surface area contributed by atoms with Gasteiger partial charge in [-0.15, -0.1) is 0 Å². The lowest BCUT2D eigenvalue weighted by molar-refractivity contribution is -0.147. The fraction of sp³-hybridized carbons (Fsp3) is 0.500. The maximum atomic E-state index is 12.3. The second-order valence-corrected chi connectivity index (χ2v) is 6.44. The van der Waals surface area contributed by atoms with Gasteiger partial charge in [0.2, 0.25) is 0 Å². The Labute approximate surface area is 135 Å². The van der Waals surface area contributed by atoms with Crippen molar-refractivity contribution in [2.75, 3.05) is 6.54 Å². The third-order valence-electron chi connectivity index (χ3n) is 3.16. The molecule has 0 saturated carbocycles. The van der Waals surface area contributed by atoms with Crippen molar-refractivity contribution in [2.45, 2.75) is 40.2 Å². The Balaban J connectivity index is 2.77. The van der Waals surface area contributed by atoms with Gasteiger partial charge in [-0.25, -0.2) is 0 Å². The van der Waals surface area contributed by atoms with Crippen LogP contribution in [0.5, 0.6) is 5.75 Å². The van der Waals surface area contributed by atoms with Crippen LogP contribution in [0.15, 0.2) is 18.2 Å². The van der Waals surface area contributed by atoms with Crippen LogP contribution in [0.2, 0.25) is 5.02 Å². The van der Waals surface area contributed by atoms with Crippen molar-refractivity contribution in [2.24, 2.45) is 5.41 Å². The Hall–Kier alpha value is -1.75. The third-order valence-corrected chi connectivity index (χ3v) is 3.40. The standard InChI is InChI=1S/C16H22ClNO4/c1-10(2)22-13-6-5-11(17)9-12(13)14(19)18-8-7-16(3,4)15(20)21/h5-6,9-10H,7-8H2,1-4H3,(H,18,19)(H,20,21). The molecule has 2 N–H and O–H groups in total. The van der Waals surface area contributed by atoms with Gasteiger partial charge in [-0.2, -0.15) is 0 Å². The van der Waals surface area contributed by atoms with Crippen LogP contribution >= 0.6 is 11.6 Å². The van der Waals surface area contributed by atoms with Crippen LogP contribution < -0.4 is 10.1 Å². The number of carbonyl (C=O) groups excluding carboxylic acids is 1. The summed E-state index contributed by atoms with van der Waals surface area (Å²) < 4.78 is 5.59. The molecule has 1 aromatic carbocycles. The molecular formula is C16H22ClNO4. The number of carboxylic acids is 1. The lowest BCUT2D eigenvalue weighted by Crippen LogP contribution is -2.32. The summed E-state index contributed by atoms with van der Waals surface area (Å²) in [6.45, 7) is 7.23. The number of benzene rings is 1. The van der Waals surface area contributed by atoms with Crippen LogP contribution in [0, 0.1) is 5.41 Å². The zero-order valence-electron chi connectivity index (χ0n) is 13.3. The highest BCUT2D eigenvalue weighted by Gasteiger charge is 2.26. The minimum atomic E-state index is -0.895. The van der Waals surface area contributed by atoms with Gasteiger partial charge in [0.25, 0.3) is 5.91 Å². The van der Waals surface area contributed by atoms with Crippen molar-refractivity contribution in [3.8, 4) is 5.75 Å². The molecular weight excluding hydrogens is 306 g/mol. The Bertz CT molecular complexity index is 555. The quantitative estimate of drug-likeness (QED) is 0.805. The molecule has 0 radical (unpaired) electrons. The van der Waals surface area contributed by atoms with Crippen LogP contribution in [0.1, 0.15) is 44.5 Å². The Morgan fingerprint density at radius 2 is 2.00 bits per heavy atom. The SMILES string of the molecule is CC(C)Oc1ccc(Cl)cc1C(=O)NCCC(C)(C)C(=O)O. The molecule has 6 heteroatoms. The van der Waals surface area contributed by atoms with Crippen molar-refractivity contribution >= 4 is 23.5 Å². The number of carbonyl (C=O) groups is 2. The van der Waals surface area contributed by atoms with E-state index < -0.39 is 11.4 Å². The van der Waals surface area contributed by atoms with Gasteiger partial charge in [-0.1, -0.05) is 11.6 Å². The van der Waals surface area contributed by atoms with Gasteiger partial charge in [-0.05, 0) is 52.3 Å². The molecule has 122 valence electrons. The molecule has 0 fully saturated rings. The average Bonchev–Trinajstić information content (AvgIpc) is 2.39. The van der Waals surface area contributed by atoms with Gasteiger partial charge >= 0.3 is 5.97 Å². The van der Waals surface area contributed by atoms with E-state index in [0.29, 0.717) is 22.8 Å². The first-order chi connectivity index (χ1) is 10.1. The van der Waals surface area contributed by atoms with Crippen molar-refractivity contribution < 1.29 is 19.4 Å². The molecule has 1 aromatic rings. The number of hydrogen-bond donors (Lipinski definition) is 2. The van der Waals surface area contributed by atoms with Gasteiger partial charge < -0.3 is 15.2 Å². The van der Waals surface area contributed by atoms with Gasteiger partial charge in [0.05, 0.1) is 17.1 Å². The number of halogens is 1. The predicted molar refractivity (Wildman–Crippen MR) is 85.6 cm³/mol. The number of nitrogens with one attached hydrogen (secondary N) is 1. The molecule has 5 nitrogen and oxygen atoms in total. The van der Waals surface area contributed by atoms with Crippen molar-refractivity contribution in [3.63, 3.8) is 0 Å². The number of carboxylic acid groups (broad SMARTS) is 1. The molecule has 1 amide bonds. The first-order valence-electron chi connectivity index (χ1n) is 7.11. The molecule has 0 unspecified atom stereocenters. The van der Waals surface area contributed by atoms with E-state index in [1.807, 2.05) is 13.8 Å². The molecule has 0 bridgehead atoms. The van der Waals surface area contributed by atoms with Crippen LogP contribution in [0.4, 0.5) is 0 Å². The average molecular weight is 328 g/mol. The molecule has 1 rings (SSSR count). The predicted octanol–water partition coefficient (Wildman–Crippen LogP) is 3.36. The van der Waals surface area contributed by atoms with E-state index in [1.54, 1.807) is 26.0 Å². The highest BCUT2D eigenvalue weighted by atomic mass is 35.5.